The van der Waals surface area contributed by atoms with Crippen LogP contribution in [0.4, 0.5) is 0 Å². The Morgan fingerprint density at radius 1 is 0.868 bits per heavy atom. The highest BCUT2D eigenvalue weighted by molar-refractivity contribution is 5.71. The molecule has 0 fully saturated rings. The molecule has 0 aliphatic rings. The number of nitrogens with one attached hydrogen (secondary N) is 1. The number of carbonyl (C=O) groups excluding carboxylic acids is 2. The van der Waals surface area contributed by atoms with Crippen molar-refractivity contribution in [3.63, 3.8) is 0 Å². The number of hydrogen-bond acceptors (Lipinski definition) is 9. The van der Waals surface area contributed by atoms with Crippen LogP contribution >= 0.6 is 0 Å². The molecule has 2 aromatic rings. The molecule has 0 bridgehead atoms. The van der Waals surface area contributed by atoms with E-state index in [1.54, 1.807) is 32.7 Å². The monoisotopic (exact) mass is 539 g/mol. The highest BCUT2D eigenvalue weighted by Gasteiger charge is 2.32. The minimum absolute atomic E-state index is 0.100. The zero-order chi connectivity index (χ0) is 28.9. The molecule has 0 atom stereocenters. The van der Waals surface area contributed by atoms with E-state index in [0.717, 1.165) is 11.6 Å². The van der Waals surface area contributed by atoms with Gasteiger partial charge in [0, 0.05) is 19.6 Å². The van der Waals surface area contributed by atoms with Crippen LogP contribution in [0.15, 0.2) is 0 Å². The molecule has 216 valence electrons. The molecule has 0 aliphatic heterocycles. The number of aromatic amines is 1. The average Bonchev–Trinajstić information content (AvgIpc) is 3.41. The number of aromatic nitrogens is 6. The minimum atomic E-state index is -0.283. The standard InChI is InChI=1S/2C13H23N3O3/c1-6-19-11(17)9-10-14-12(13(2,3)4)15-16(10)7-8-18-5;1-6-19-11(17)9-10-14-12(13(2,3)4)16(15-10)7-8-18-5/h2*6-9H2,1-5H3/p+1. The highest BCUT2D eigenvalue weighted by Crippen LogP contribution is 2.19. The molecule has 1 N–H and O–H groups in total. The van der Waals surface area contributed by atoms with E-state index in [1.165, 1.54) is 0 Å². The molecule has 0 aromatic carbocycles. The average molecular weight is 540 g/mol. The molecule has 0 saturated carbocycles. The zero-order valence-electron chi connectivity index (χ0n) is 24.8. The van der Waals surface area contributed by atoms with Crippen molar-refractivity contribution in [3.05, 3.63) is 23.3 Å². The van der Waals surface area contributed by atoms with E-state index in [9.17, 15) is 9.59 Å². The molecular formula is C26H47N6O6+. The van der Waals surface area contributed by atoms with E-state index >= 15 is 0 Å². The smallest absolute Gasteiger partial charge is 0.324 e. The van der Waals surface area contributed by atoms with Crippen LogP contribution in [0.2, 0.25) is 0 Å². The van der Waals surface area contributed by atoms with E-state index in [2.05, 4.69) is 40.9 Å². The van der Waals surface area contributed by atoms with Gasteiger partial charge in [-0.2, -0.15) is 14.9 Å². The van der Waals surface area contributed by atoms with E-state index < -0.39 is 0 Å². The maximum atomic E-state index is 11.6. The first kappa shape index (κ1) is 33.2. The molecule has 0 saturated heterocycles. The second kappa shape index (κ2) is 15.5. The molecule has 12 nitrogen and oxygen atoms in total. The minimum Gasteiger partial charge on any atom is -0.466 e. The Morgan fingerprint density at radius 3 is 1.95 bits per heavy atom. The van der Waals surface area contributed by atoms with Gasteiger partial charge < -0.3 is 18.9 Å². The Balaban J connectivity index is 0.000000380. The third-order valence-corrected chi connectivity index (χ3v) is 5.10. The molecule has 2 rings (SSSR count). The topological polar surface area (TPSA) is 134 Å². The first-order valence-corrected chi connectivity index (χ1v) is 13.0. The second-order valence-corrected chi connectivity index (χ2v) is 10.7. The van der Waals surface area contributed by atoms with Crippen molar-refractivity contribution >= 4 is 11.9 Å². The Kier molecular flexibility index (Phi) is 13.6. The van der Waals surface area contributed by atoms with Crippen LogP contribution in [0.25, 0.3) is 0 Å². The SMILES string of the molecule is CCOC(=O)Cc1nc(C(C)(C)C)[n+](CCOC)[nH]1.CCOC(=O)Cc1nc(C(C)(C)C)nn1CCOC. The van der Waals surface area contributed by atoms with Crippen molar-refractivity contribution in [2.45, 2.75) is 92.2 Å². The van der Waals surface area contributed by atoms with Gasteiger partial charge in [0.1, 0.15) is 25.2 Å². The van der Waals surface area contributed by atoms with Gasteiger partial charge in [-0.1, -0.05) is 20.8 Å². The maximum absolute atomic E-state index is 11.6. The van der Waals surface area contributed by atoms with Crippen molar-refractivity contribution in [2.75, 3.05) is 40.6 Å². The van der Waals surface area contributed by atoms with Gasteiger partial charge in [-0.3, -0.25) is 9.59 Å². The van der Waals surface area contributed by atoms with Gasteiger partial charge in [-0.05, 0) is 39.6 Å². The van der Waals surface area contributed by atoms with Gasteiger partial charge in [0.25, 0.3) is 5.82 Å². The number of esters is 2. The molecule has 38 heavy (non-hydrogen) atoms. The largest absolute Gasteiger partial charge is 0.466 e. The molecule has 2 aromatic heterocycles. The normalized spacial score (nSPS) is 11.6. The lowest BCUT2D eigenvalue weighted by Crippen LogP contribution is -2.45. The summed E-state index contributed by atoms with van der Waals surface area (Å²) in [6.45, 7) is 19.1. The number of ether oxygens (including phenoxy) is 4. The summed E-state index contributed by atoms with van der Waals surface area (Å²) in [7, 11) is 3.29. The summed E-state index contributed by atoms with van der Waals surface area (Å²) in [5, 5.41) is 7.59. The molecule has 0 unspecified atom stereocenters. The Bertz CT molecular complexity index is 1000. The lowest BCUT2D eigenvalue weighted by Gasteiger charge is -2.12. The molecule has 0 amide bonds. The second-order valence-electron chi connectivity index (χ2n) is 10.7. The quantitative estimate of drug-likeness (QED) is 0.318. The van der Waals surface area contributed by atoms with Crippen LogP contribution in [-0.2, 0) is 65.3 Å². The van der Waals surface area contributed by atoms with Gasteiger partial charge >= 0.3 is 17.8 Å². The molecule has 12 heteroatoms. The number of rotatable bonds is 12. The highest BCUT2D eigenvalue weighted by atomic mass is 16.5. The summed E-state index contributed by atoms with van der Waals surface area (Å²) in [5.41, 5.74) is -0.251. The number of hydrogen-bond donors (Lipinski definition) is 1. The molecule has 0 radical (unpaired) electrons. The van der Waals surface area contributed by atoms with Crippen LogP contribution in [-0.4, -0.2) is 77.4 Å². The van der Waals surface area contributed by atoms with Crippen molar-refractivity contribution < 1.29 is 33.2 Å². The fourth-order valence-corrected chi connectivity index (χ4v) is 3.29. The third kappa shape index (κ3) is 11.3. The molecule has 0 aliphatic carbocycles. The number of carbonyl (C=O) groups is 2. The van der Waals surface area contributed by atoms with Crippen LogP contribution in [0.5, 0.6) is 0 Å². The lowest BCUT2D eigenvalue weighted by atomic mass is 9.96. The van der Waals surface area contributed by atoms with Gasteiger partial charge in [0.05, 0.1) is 38.4 Å². The number of methoxy groups -OCH3 is 2. The van der Waals surface area contributed by atoms with Crippen LogP contribution in [0, 0.1) is 0 Å². The fraction of sp³-hybridized carbons (Fsp3) is 0.769. The van der Waals surface area contributed by atoms with Crippen LogP contribution in [0.3, 0.4) is 0 Å². The summed E-state index contributed by atoms with van der Waals surface area (Å²) in [5.74, 6) is 2.33. The first-order chi connectivity index (χ1) is 17.8. The number of nitrogens with zero attached hydrogens (tertiary/aromatic N) is 5. The fourth-order valence-electron chi connectivity index (χ4n) is 3.29. The van der Waals surface area contributed by atoms with Gasteiger partial charge in [0.2, 0.25) is 0 Å². The Hall–Kier alpha value is -2.86. The van der Waals surface area contributed by atoms with E-state index in [4.69, 9.17) is 18.9 Å². The summed E-state index contributed by atoms with van der Waals surface area (Å²) in [6.07, 6.45) is 0.303. The summed E-state index contributed by atoms with van der Waals surface area (Å²) < 4.78 is 23.7. The summed E-state index contributed by atoms with van der Waals surface area (Å²) >= 11 is 0. The zero-order valence-corrected chi connectivity index (χ0v) is 24.8. The predicted octanol–water partition coefficient (Wildman–Crippen LogP) is 2.07. The predicted molar refractivity (Wildman–Crippen MR) is 141 cm³/mol. The van der Waals surface area contributed by atoms with Crippen molar-refractivity contribution in [2.24, 2.45) is 0 Å². The van der Waals surface area contributed by atoms with E-state index in [0.29, 0.717) is 51.2 Å². The van der Waals surface area contributed by atoms with Crippen molar-refractivity contribution in [1.82, 2.24) is 24.8 Å². The molecular weight excluding hydrogens is 492 g/mol. The van der Waals surface area contributed by atoms with Crippen LogP contribution < -0.4 is 4.68 Å². The molecule has 2 heterocycles. The molecule has 0 spiro atoms. The van der Waals surface area contributed by atoms with Gasteiger partial charge in [-0.15, -0.1) is 0 Å². The third-order valence-electron chi connectivity index (χ3n) is 5.10. The first-order valence-electron chi connectivity index (χ1n) is 13.0. The maximum Gasteiger partial charge on any atom is 0.324 e. The number of H-pyrrole nitrogens is 1. The Labute approximate surface area is 226 Å². The van der Waals surface area contributed by atoms with Gasteiger partial charge in [0.15, 0.2) is 5.82 Å². The Morgan fingerprint density at radius 2 is 1.45 bits per heavy atom. The van der Waals surface area contributed by atoms with Crippen molar-refractivity contribution in [3.8, 4) is 0 Å². The van der Waals surface area contributed by atoms with E-state index in [1.807, 2.05) is 25.5 Å². The summed E-state index contributed by atoms with van der Waals surface area (Å²) in [4.78, 5) is 32.0. The van der Waals surface area contributed by atoms with E-state index in [-0.39, 0.29) is 35.6 Å². The summed E-state index contributed by atoms with van der Waals surface area (Å²) in [6, 6.07) is 0. The van der Waals surface area contributed by atoms with Gasteiger partial charge in [-0.25, -0.2) is 9.67 Å². The lowest BCUT2D eigenvalue weighted by molar-refractivity contribution is -0.761. The van der Waals surface area contributed by atoms with Crippen molar-refractivity contribution in [1.29, 1.82) is 0 Å². The van der Waals surface area contributed by atoms with Crippen LogP contribution in [0.1, 0.15) is 78.7 Å².